The summed E-state index contributed by atoms with van der Waals surface area (Å²) in [4.78, 5) is 4.15. The molecule has 1 radical (unpaired) electrons. The number of aryl methyl sites for hydroxylation is 1. The molecule has 0 aliphatic rings. The second kappa shape index (κ2) is 5.38. The van der Waals surface area contributed by atoms with E-state index in [0.717, 1.165) is 5.56 Å². The zero-order chi connectivity index (χ0) is 9.97. The fraction of sp³-hybridized carbons (Fsp3) is 0.200. The normalized spacial score (nSPS) is 9.47. The van der Waals surface area contributed by atoms with E-state index in [0.29, 0.717) is 11.6 Å². The quantitative estimate of drug-likeness (QED) is 0.776. The number of hydrogen-bond donors (Lipinski definition) is 0. The maximum atomic E-state index is 5.16. The van der Waals surface area contributed by atoms with Gasteiger partial charge < -0.3 is 4.74 Å². The van der Waals surface area contributed by atoms with Crippen LogP contribution in [-0.2, 0) is 39.8 Å². The van der Waals surface area contributed by atoms with E-state index in [4.69, 9.17) is 4.74 Å². The van der Waals surface area contributed by atoms with Gasteiger partial charge in [-0.25, -0.2) is 4.98 Å². The van der Waals surface area contributed by atoms with Crippen molar-refractivity contribution in [1.82, 2.24) is 14.8 Å². The molecule has 0 fully saturated rings. The topological polar surface area (TPSA) is 39.9 Å². The van der Waals surface area contributed by atoms with Crippen molar-refractivity contribution >= 4 is 0 Å². The molecule has 0 amide bonds. The Bertz CT molecular complexity index is 442. The molecule has 0 saturated carbocycles. The first-order valence-corrected chi connectivity index (χ1v) is 4.22. The van der Waals surface area contributed by atoms with Crippen molar-refractivity contribution in [2.75, 3.05) is 7.11 Å². The van der Waals surface area contributed by atoms with Crippen LogP contribution in [0.1, 0.15) is 0 Å². The van der Waals surface area contributed by atoms with Crippen LogP contribution < -0.4 is 4.74 Å². The standard InChI is InChI=1S/C10H10N3O.Y/c1-13-7-11-10(12-13)8-5-3-4-6-9(8)14-2;/h3-5,7H,1-2H3;/q-1;. The molecule has 0 bridgehead atoms. The van der Waals surface area contributed by atoms with Crippen molar-refractivity contribution in [3.63, 3.8) is 0 Å². The molecule has 1 heterocycles. The van der Waals surface area contributed by atoms with E-state index in [1.807, 2.05) is 19.2 Å². The third kappa shape index (κ3) is 2.64. The predicted molar refractivity (Wildman–Crippen MR) is 51.8 cm³/mol. The van der Waals surface area contributed by atoms with Crippen LogP contribution in [0.25, 0.3) is 11.4 Å². The second-order valence-corrected chi connectivity index (χ2v) is 2.86. The van der Waals surface area contributed by atoms with Crippen molar-refractivity contribution in [3.8, 4) is 17.1 Å². The molecule has 0 atom stereocenters. The van der Waals surface area contributed by atoms with Gasteiger partial charge in [0.2, 0.25) is 0 Å². The molecule has 0 spiro atoms. The molecule has 2 rings (SSSR count). The number of para-hydroxylation sites is 1. The SMILES string of the molecule is COc1[c-]cccc1-c1ncn(C)n1.[Y]. The molecule has 0 unspecified atom stereocenters. The maximum absolute atomic E-state index is 5.16. The zero-order valence-electron chi connectivity index (χ0n) is 8.64. The average molecular weight is 277 g/mol. The fourth-order valence-corrected chi connectivity index (χ4v) is 1.23. The number of methoxy groups -OCH3 is 1. The molecule has 0 aliphatic heterocycles. The van der Waals surface area contributed by atoms with Gasteiger partial charge >= 0.3 is 0 Å². The van der Waals surface area contributed by atoms with E-state index >= 15 is 0 Å². The number of rotatable bonds is 2. The van der Waals surface area contributed by atoms with Crippen LogP contribution in [-0.4, -0.2) is 21.9 Å². The second-order valence-electron chi connectivity index (χ2n) is 2.86. The Balaban J connectivity index is 0.00000112. The van der Waals surface area contributed by atoms with Gasteiger partial charge in [-0.1, -0.05) is 0 Å². The molecule has 0 N–H and O–H groups in total. The van der Waals surface area contributed by atoms with Gasteiger partial charge in [-0.15, -0.1) is 6.07 Å². The summed E-state index contributed by atoms with van der Waals surface area (Å²) in [6.45, 7) is 0. The first-order chi connectivity index (χ1) is 6.81. The Morgan fingerprint density at radius 3 is 2.87 bits per heavy atom. The molecule has 0 aliphatic carbocycles. The molecule has 0 saturated heterocycles. The van der Waals surface area contributed by atoms with E-state index in [9.17, 15) is 0 Å². The Morgan fingerprint density at radius 1 is 1.47 bits per heavy atom. The summed E-state index contributed by atoms with van der Waals surface area (Å²) in [5.74, 6) is 1.32. The van der Waals surface area contributed by atoms with Crippen LogP contribution in [0.5, 0.6) is 5.75 Å². The van der Waals surface area contributed by atoms with Crippen LogP contribution in [0.3, 0.4) is 0 Å². The van der Waals surface area contributed by atoms with E-state index in [1.54, 1.807) is 24.2 Å². The number of hydrogen-bond acceptors (Lipinski definition) is 3. The van der Waals surface area contributed by atoms with Crippen molar-refractivity contribution in [1.29, 1.82) is 0 Å². The minimum Gasteiger partial charge on any atom is -0.522 e. The summed E-state index contributed by atoms with van der Waals surface area (Å²) in [5, 5.41) is 4.20. The van der Waals surface area contributed by atoms with Gasteiger partial charge in [-0.05, 0) is 5.56 Å². The minimum absolute atomic E-state index is 0. The van der Waals surface area contributed by atoms with Crippen molar-refractivity contribution in [3.05, 3.63) is 30.6 Å². The number of ether oxygens (including phenoxy) is 1. The number of benzene rings is 1. The molecular weight excluding hydrogens is 267 g/mol. The van der Waals surface area contributed by atoms with Crippen LogP contribution in [0.15, 0.2) is 24.5 Å². The summed E-state index contributed by atoms with van der Waals surface area (Å²) < 4.78 is 6.82. The summed E-state index contributed by atoms with van der Waals surface area (Å²) >= 11 is 0. The number of nitrogens with zero attached hydrogens (tertiary/aromatic N) is 3. The Labute approximate surface area is 114 Å². The van der Waals surface area contributed by atoms with E-state index in [-0.39, 0.29) is 32.7 Å². The molecule has 4 nitrogen and oxygen atoms in total. The molecule has 5 heteroatoms. The van der Waals surface area contributed by atoms with Gasteiger partial charge in [-0.2, -0.15) is 23.3 Å². The van der Waals surface area contributed by atoms with Crippen LogP contribution in [0, 0.1) is 6.07 Å². The Morgan fingerprint density at radius 2 is 2.27 bits per heavy atom. The molecule has 15 heavy (non-hydrogen) atoms. The van der Waals surface area contributed by atoms with Crippen molar-refractivity contribution < 1.29 is 37.4 Å². The third-order valence-electron chi connectivity index (χ3n) is 1.86. The van der Waals surface area contributed by atoms with Gasteiger partial charge in [0.1, 0.15) is 12.2 Å². The minimum atomic E-state index is 0. The van der Waals surface area contributed by atoms with Crippen LogP contribution in [0.2, 0.25) is 0 Å². The summed E-state index contributed by atoms with van der Waals surface area (Å²) in [6, 6.07) is 8.57. The summed E-state index contributed by atoms with van der Waals surface area (Å²) in [5.41, 5.74) is 0.857. The average Bonchev–Trinajstić information content (AvgIpc) is 2.65. The van der Waals surface area contributed by atoms with Crippen LogP contribution in [0.4, 0.5) is 0 Å². The number of aromatic nitrogens is 3. The third-order valence-corrected chi connectivity index (χ3v) is 1.86. The zero-order valence-corrected chi connectivity index (χ0v) is 11.5. The van der Waals surface area contributed by atoms with Crippen molar-refractivity contribution in [2.24, 2.45) is 7.05 Å². The molecule has 1 aromatic heterocycles. The molecule has 75 valence electrons. The Hall–Kier alpha value is -0.736. The molecule has 2 aromatic rings. The summed E-state index contributed by atoms with van der Waals surface area (Å²) in [7, 11) is 3.44. The largest absolute Gasteiger partial charge is 0.522 e. The van der Waals surface area contributed by atoms with Gasteiger partial charge in [-0.3, -0.25) is 4.68 Å². The van der Waals surface area contributed by atoms with E-state index in [1.165, 1.54) is 0 Å². The van der Waals surface area contributed by atoms with Crippen molar-refractivity contribution in [2.45, 2.75) is 0 Å². The monoisotopic (exact) mass is 277 g/mol. The predicted octanol–water partition coefficient (Wildman–Crippen LogP) is 1.29. The first kappa shape index (κ1) is 12.3. The first-order valence-electron chi connectivity index (χ1n) is 4.22. The van der Waals surface area contributed by atoms with Gasteiger partial charge in [0, 0.05) is 45.5 Å². The molecular formula is C10H10N3OY-. The molecule has 1 aromatic carbocycles. The fourth-order valence-electron chi connectivity index (χ4n) is 1.23. The summed E-state index contributed by atoms with van der Waals surface area (Å²) in [6.07, 6.45) is 1.65. The van der Waals surface area contributed by atoms with E-state index in [2.05, 4.69) is 16.1 Å². The van der Waals surface area contributed by atoms with E-state index < -0.39 is 0 Å². The van der Waals surface area contributed by atoms with Gasteiger partial charge in [0.15, 0.2) is 0 Å². The van der Waals surface area contributed by atoms with Gasteiger partial charge in [0.25, 0.3) is 0 Å². The Kier molecular flexibility index (Phi) is 4.42. The van der Waals surface area contributed by atoms with Gasteiger partial charge in [0.05, 0.1) is 7.11 Å². The van der Waals surface area contributed by atoms with Crippen LogP contribution >= 0.6 is 0 Å². The maximum Gasteiger partial charge on any atom is 0.129 e. The smallest absolute Gasteiger partial charge is 0.129 e.